The summed E-state index contributed by atoms with van der Waals surface area (Å²) in [6.45, 7) is 2.70. The molecule has 0 aromatic heterocycles. The average Bonchev–Trinajstić information content (AvgIpc) is 2.24. The van der Waals surface area contributed by atoms with Crippen molar-refractivity contribution in [3.63, 3.8) is 0 Å². The van der Waals surface area contributed by atoms with E-state index in [-0.39, 0.29) is 11.8 Å². The van der Waals surface area contributed by atoms with Crippen molar-refractivity contribution >= 4 is 32.6 Å². The molecule has 0 saturated heterocycles. The van der Waals surface area contributed by atoms with Gasteiger partial charge in [0.2, 0.25) is 10.0 Å². The van der Waals surface area contributed by atoms with Crippen LogP contribution in [0.2, 0.25) is 0 Å². The Morgan fingerprint density at radius 1 is 1.35 bits per heavy atom. The second kappa shape index (κ2) is 6.67. The number of primary sulfonamides is 1. The number of benzene rings is 1. The van der Waals surface area contributed by atoms with Crippen LogP contribution in [0.15, 0.2) is 24.3 Å². The number of sulfonamides is 1. The van der Waals surface area contributed by atoms with Gasteiger partial charge in [-0.15, -0.1) is 0 Å². The van der Waals surface area contributed by atoms with E-state index in [0.717, 1.165) is 0 Å². The molecule has 0 aliphatic rings. The van der Waals surface area contributed by atoms with Gasteiger partial charge in [0, 0.05) is 9.61 Å². The van der Waals surface area contributed by atoms with Gasteiger partial charge in [0.1, 0.15) is 0 Å². The van der Waals surface area contributed by atoms with Crippen molar-refractivity contribution in [2.24, 2.45) is 5.14 Å². The molecule has 6 heteroatoms. The highest BCUT2D eigenvalue weighted by Crippen LogP contribution is 2.14. The van der Waals surface area contributed by atoms with Crippen molar-refractivity contribution in [1.29, 1.82) is 0 Å². The number of nitrogens with two attached hydrogens (primary N) is 1. The highest BCUT2D eigenvalue weighted by atomic mass is 127. The van der Waals surface area contributed by atoms with E-state index >= 15 is 0 Å². The normalized spacial score (nSPS) is 13.6. The number of hydrogen-bond donors (Lipinski definition) is 2. The van der Waals surface area contributed by atoms with Crippen LogP contribution in [0.1, 0.15) is 24.9 Å². The molecular weight excluding hydrogens is 351 g/mol. The van der Waals surface area contributed by atoms with Crippen molar-refractivity contribution in [3.05, 3.63) is 33.4 Å². The first-order chi connectivity index (χ1) is 7.88. The molecule has 0 saturated carbocycles. The second-order valence-electron chi connectivity index (χ2n) is 3.95. The van der Waals surface area contributed by atoms with Crippen molar-refractivity contribution < 1.29 is 8.42 Å². The van der Waals surface area contributed by atoms with Crippen LogP contribution in [0.25, 0.3) is 0 Å². The first-order valence-corrected chi connectivity index (χ1v) is 8.17. The van der Waals surface area contributed by atoms with Gasteiger partial charge in [0.05, 0.1) is 5.75 Å². The van der Waals surface area contributed by atoms with Gasteiger partial charge in [-0.3, -0.25) is 0 Å². The predicted octanol–water partition coefficient (Wildman–Crippen LogP) is 1.62. The Morgan fingerprint density at radius 2 is 1.94 bits per heavy atom. The number of nitrogens with one attached hydrogen (secondary N) is 1. The Hall–Kier alpha value is -0.180. The lowest BCUT2D eigenvalue weighted by Gasteiger charge is -2.14. The number of rotatable bonds is 6. The fourth-order valence-corrected chi connectivity index (χ4v) is 2.37. The molecule has 0 aliphatic carbocycles. The molecule has 0 radical (unpaired) electrons. The molecule has 0 spiro atoms. The summed E-state index contributed by atoms with van der Waals surface area (Å²) in [5.41, 5.74) is 1.20. The number of halogens is 1. The maximum absolute atomic E-state index is 10.7. The van der Waals surface area contributed by atoms with Gasteiger partial charge in [0.15, 0.2) is 0 Å². The van der Waals surface area contributed by atoms with E-state index in [0.29, 0.717) is 13.0 Å². The van der Waals surface area contributed by atoms with Crippen LogP contribution in [0.4, 0.5) is 0 Å². The van der Waals surface area contributed by atoms with Gasteiger partial charge in [-0.2, -0.15) is 0 Å². The zero-order chi connectivity index (χ0) is 12.9. The fourth-order valence-electron chi connectivity index (χ4n) is 1.46. The highest BCUT2D eigenvalue weighted by Gasteiger charge is 2.05. The van der Waals surface area contributed by atoms with Crippen LogP contribution >= 0.6 is 22.6 Å². The molecule has 1 rings (SSSR count). The van der Waals surface area contributed by atoms with E-state index in [4.69, 9.17) is 5.14 Å². The Morgan fingerprint density at radius 3 is 2.47 bits per heavy atom. The van der Waals surface area contributed by atoms with E-state index < -0.39 is 10.0 Å². The molecule has 17 heavy (non-hydrogen) atoms. The third-order valence-corrected chi connectivity index (χ3v) is 4.00. The topological polar surface area (TPSA) is 72.2 Å². The molecule has 3 N–H and O–H groups in total. The third kappa shape index (κ3) is 6.35. The SMILES string of the molecule is CC(NCCCS(N)(=O)=O)c1ccc(I)cc1. The van der Waals surface area contributed by atoms with Crippen LogP contribution in [0.3, 0.4) is 0 Å². The summed E-state index contributed by atoms with van der Waals surface area (Å²) in [5, 5.41) is 8.19. The minimum absolute atomic E-state index is 0.0272. The summed E-state index contributed by atoms with van der Waals surface area (Å²) in [6.07, 6.45) is 0.535. The Kier molecular flexibility index (Phi) is 5.84. The summed E-state index contributed by atoms with van der Waals surface area (Å²) < 4.78 is 22.7. The molecule has 0 aliphatic heterocycles. The largest absolute Gasteiger partial charge is 0.310 e. The Balaban J connectivity index is 2.35. The molecule has 0 heterocycles. The summed E-state index contributed by atoms with van der Waals surface area (Å²) in [7, 11) is -3.33. The Labute approximate surface area is 116 Å². The Bertz CT molecular complexity index is 445. The van der Waals surface area contributed by atoms with Crippen LogP contribution in [0, 0.1) is 3.57 Å². The fraction of sp³-hybridized carbons (Fsp3) is 0.455. The van der Waals surface area contributed by atoms with Crippen LogP contribution in [-0.4, -0.2) is 20.7 Å². The van der Waals surface area contributed by atoms with E-state index in [1.165, 1.54) is 9.13 Å². The zero-order valence-electron chi connectivity index (χ0n) is 9.69. The maximum Gasteiger partial charge on any atom is 0.209 e. The monoisotopic (exact) mass is 368 g/mol. The lowest BCUT2D eigenvalue weighted by atomic mass is 10.1. The first kappa shape index (κ1) is 14.9. The van der Waals surface area contributed by atoms with Crippen molar-refractivity contribution in [2.45, 2.75) is 19.4 Å². The summed E-state index contributed by atoms with van der Waals surface area (Å²) in [5.74, 6) is 0.0272. The number of hydrogen-bond acceptors (Lipinski definition) is 3. The zero-order valence-corrected chi connectivity index (χ0v) is 12.7. The van der Waals surface area contributed by atoms with Crippen LogP contribution in [0.5, 0.6) is 0 Å². The minimum atomic E-state index is -3.33. The molecular formula is C11H17IN2O2S. The predicted molar refractivity (Wildman–Crippen MR) is 78.2 cm³/mol. The first-order valence-electron chi connectivity index (χ1n) is 5.38. The maximum atomic E-state index is 10.7. The van der Waals surface area contributed by atoms with Gasteiger partial charge in [0.25, 0.3) is 0 Å². The summed E-state index contributed by atoms with van der Waals surface area (Å²) >= 11 is 2.26. The van der Waals surface area contributed by atoms with Gasteiger partial charge in [-0.25, -0.2) is 13.6 Å². The molecule has 1 aromatic carbocycles. The smallest absolute Gasteiger partial charge is 0.209 e. The van der Waals surface area contributed by atoms with E-state index in [1.54, 1.807) is 0 Å². The van der Waals surface area contributed by atoms with Gasteiger partial charge in [-0.1, -0.05) is 12.1 Å². The molecule has 4 nitrogen and oxygen atoms in total. The molecule has 1 atom stereocenters. The van der Waals surface area contributed by atoms with E-state index in [9.17, 15) is 8.42 Å². The molecule has 0 amide bonds. The van der Waals surface area contributed by atoms with Gasteiger partial charge >= 0.3 is 0 Å². The van der Waals surface area contributed by atoms with E-state index in [2.05, 4.69) is 59.1 Å². The second-order valence-corrected chi connectivity index (χ2v) is 6.93. The van der Waals surface area contributed by atoms with Crippen molar-refractivity contribution in [3.8, 4) is 0 Å². The standard InChI is InChI=1S/C11H17IN2O2S/c1-9(10-3-5-11(12)6-4-10)14-7-2-8-17(13,15)16/h3-6,9,14H,2,7-8H2,1H3,(H2,13,15,16). The lowest BCUT2D eigenvalue weighted by molar-refractivity contribution is 0.560. The molecule has 1 aromatic rings. The molecule has 0 fully saturated rings. The quantitative estimate of drug-likeness (QED) is 0.592. The van der Waals surface area contributed by atoms with Gasteiger partial charge in [-0.05, 0) is 60.2 Å². The lowest BCUT2D eigenvalue weighted by Crippen LogP contribution is -2.24. The highest BCUT2D eigenvalue weighted by molar-refractivity contribution is 14.1. The summed E-state index contributed by atoms with van der Waals surface area (Å²) in [4.78, 5) is 0. The minimum Gasteiger partial charge on any atom is -0.310 e. The van der Waals surface area contributed by atoms with Crippen molar-refractivity contribution in [1.82, 2.24) is 5.32 Å². The molecule has 96 valence electrons. The van der Waals surface area contributed by atoms with Crippen molar-refractivity contribution in [2.75, 3.05) is 12.3 Å². The third-order valence-electron chi connectivity index (χ3n) is 2.43. The van der Waals surface area contributed by atoms with E-state index in [1.807, 2.05) is 0 Å². The van der Waals surface area contributed by atoms with Crippen LogP contribution < -0.4 is 10.5 Å². The van der Waals surface area contributed by atoms with Gasteiger partial charge < -0.3 is 5.32 Å². The van der Waals surface area contributed by atoms with Crippen LogP contribution in [-0.2, 0) is 10.0 Å². The molecule has 0 bridgehead atoms. The molecule has 1 unspecified atom stereocenters. The average molecular weight is 368 g/mol. The summed E-state index contributed by atoms with van der Waals surface area (Å²) in [6, 6.07) is 8.46.